The number of amides is 2. The topological polar surface area (TPSA) is 50.8 Å². The number of alkyl halides is 3. The molecule has 0 radical (unpaired) electrons. The van der Waals surface area contributed by atoms with Crippen molar-refractivity contribution in [1.29, 1.82) is 0 Å². The summed E-state index contributed by atoms with van der Waals surface area (Å²) >= 11 is 0. The molecular weight excluding hydrogens is 380 g/mol. The number of rotatable bonds is 3. The van der Waals surface area contributed by atoms with Gasteiger partial charge in [-0.15, -0.1) is 0 Å². The summed E-state index contributed by atoms with van der Waals surface area (Å²) in [5.41, 5.74) is -0.834. The number of para-hydroxylation sites is 1. The summed E-state index contributed by atoms with van der Waals surface area (Å²) in [5, 5.41) is 2.56. The normalized spacial score (nSPS) is 15.1. The Hall–Kier alpha value is -2.81. The Morgan fingerprint density at radius 3 is 2.61 bits per heavy atom. The number of carbonyl (C=O) groups is 1. The molecule has 0 aliphatic carbocycles. The van der Waals surface area contributed by atoms with Crippen molar-refractivity contribution in [3.05, 3.63) is 53.8 Å². The lowest BCUT2D eigenvalue weighted by molar-refractivity contribution is -0.138. The maximum absolute atomic E-state index is 14.3. The van der Waals surface area contributed by atoms with E-state index in [0.717, 1.165) is 18.2 Å². The van der Waals surface area contributed by atoms with E-state index in [9.17, 15) is 22.4 Å². The Morgan fingerprint density at radius 1 is 1.07 bits per heavy atom. The number of benzene rings is 2. The van der Waals surface area contributed by atoms with Crippen LogP contribution in [-0.4, -0.2) is 37.2 Å². The predicted molar refractivity (Wildman–Crippen MR) is 93.9 cm³/mol. The number of halogens is 4. The van der Waals surface area contributed by atoms with Crippen LogP contribution in [0.4, 0.5) is 28.0 Å². The molecule has 5 nitrogen and oxygen atoms in total. The maximum atomic E-state index is 14.3. The number of nitrogens with zero attached hydrogens (tertiary/aromatic N) is 1. The zero-order valence-corrected chi connectivity index (χ0v) is 14.8. The Kier molecular flexibility index (Phi) is 6.03. The van der Waals surface area contributed by atoms with Crippen LogP contribution in [0.1, 0.15) is 12.0 Å². The first-order valence-electron chi connectivity index (χ1n) is 8.62. The number of nitrogens with one attached hydrogen (secondary N) is 1. The molecule has 1 N–H and O–H groups in total. The van der Waals surface area contributed by atoms with Gasteiger partial charge in [0.25, 0.3) is 0 Å². The highest BCUT2D eigenvalue weighted by molar-refractivity contribution is 5.89. The molecule has 1 saturated heterocycles. The van der Waals surface area contributed by atoms with Gasteiger partial charge in [-0.25, -0.2) is 9.18 Å². The summed E-state index contributed by atoms with van der Waals surface area (Å²) in [6, 6.07) is 7.68. The monoisotopic (exact) mass is 398 g/mol. The quantitative estimate of drug-likeness (QED) is 0.749. The molecule has 1 fully saturated rings. The number of urea groups is 1. The van der Waals surface area contributed by atoms with Crippen LogP contribution < -0.4 is 10.1 Å². The minimum atomic E-state index is -4.63. The summed E-state index contributed by atoms with van der Waals surface area (Å²) in [6.45, 7) is 1.94. The van der Waals surface area contributed by atoms with Gasteiger partial charge in [0.05, 0.1) is 12.2 Å². The average Bonchev–Trinajstić information content (AvgIpc) is 2.93. The number of anilines is 1. The van der Waals surface area contributed by atoms with Crippen LogP contribution in [-0.2, 0) is 10.9 Å². The Balaban J connectivity index is 1.72. The van der Waals surface area contributed by atoms with Crippen molar-refractivity contribution in [2.45, 2.75) is 12.6 Å². The summed E-state index contributed by atoms with van der Waals surface area (Å²) in [7, 11) is 0. The number of carbonyl (C=O) groups excluding carboxylic acids is 1. The van der Waals surface area contributed by atoms with Crippen LogP contribution in [0, 0.1) is 5.82 Å². The van der Waals surface area contributed by atoms with E-state index in [1.54, 1.807) is 4.90 Å². The van der Waals surface area contributed by atoms with Crippen LogP contribution in [0.25, 0.3) is 0 Å². The highest BCUT2D eigenvalue weighted by atomic mass is 19.4. The first kappa shape index (κ1) is 19.9. The molecular formula is C19H18F4N2O3. The number of hydrogen-bond acceptors (Lipinski definition) is 3. The zero-order chi connectivity index (χ0) is 20.1. The van der Waals surface area contributed by atoms with Crippen molar-refractivity contribution in [2.75, 3.05) is 31.6 Å². The number of ether oxygens (including phenoxy) is 2. The molecule has 0 atom stereocenters. The molecule has 0 aromatic heterocycles. The molecule has 0 spiro atoms. The standard InChI is InChI=1S/C19H18F4N2O3/c20-15-12-13(24-18(26)25-8-3-10-27-11-9-25)6-7-17(15)28-16-5-2-1-4-14(16)19(21,22)23/h1-2,4-7,12H,3,8-11H2,(H,24,26). The van der Waals surface area contributed by atoms with E-state index in [4.69, 9.17) is 9.47 Å². The van der Waals surface area contributed by atoms with Crippen molar-refractivity contribution in [2.24, 2.45) is 0 Å². The first-order valence-corrected chi connectivity index (χ1v) is 8.62. The molecule has 150 valence electrons. The molecule has 1 aliphatic rings. The second-order valence-electron chi connectivity index (χ2n) is 6.12. The summed E-state index contributed by atoms with van der Waals surface area (Å²) in [4.78, 5) is 13.8. The minimum Gasteiger partial charge on any atom is -0.454 e. The van der Waals surface area contributed by atoms with Crippen LogP contribution >= 0.6 is 0 Å². The Bertz CT molecular complexity index is 834. The van der Waals surface area contributed by atoms with Crippen molar-refractivity contribution in [3.63, 3.8) is 0 Å². The molecule has 1 heterocycles. The molecule has 28 heavy (non-hydrogen) atoms. The third kappa shape index (κ3) is 4.92. The van der Waals surface area contributed by atoms with E-state index < -0.39 is 29.3 Å². The van der Waals surface area contributed by atoms with E-state index >= 15 is 0 Å². The molecule has 3 rings (SSSR count). The summed E-state index contributed by atoms with van der Waals surface area (Å²) < 4.78 is 63.8. The molecule has 2 aromatic rings. The third-order valence-corrected chi connectivity index (χ3v) is 4.10. The van der Waals surface area contributed by atoms with E-state index in [0.29, 0.717) is 32.7 Å². The van der Waals surface area contributed by atoms with Gasteiger partial charge in [-0.1, -0.05) is 12.1 Å². The van der Waals surface area contributed by atoms with Crippen molar-refractivity contribution in [1.82, 2.24) is 4.90 Å². The van der Waals surface area contributed by atoms with E-state index in [1.165, 1.54) is 24.3 Å². The lowest BCUT2D eigenvalue weighted by atomic mass is 10.2. The molecule has 9 heteroatoms. The van der Waals surface area contributed by atoms with Crippen molar-refractivity contribution in [3.8, 4) is 11.5 Å². The van der Waals surface area contributed by atoms with E-state index in [-0.39, 0.29) is 11.4 Å². The van der Waals surface area contributed by atoms with Crippen LogP contribution in [0.3, 0.4) is 0 Å². The molecule has 2 amide bonds. The highest BCUT2D eigenvalue weighted by Crippen LogP contribution is 2.38. The smallest absolute Gasteiger partial charge is 0.419 e. The first-order chi connectivity index (χ1) is 13.3. The van der Waals surface area contributed by atoms with Gasteiger partial charge in [0.1, 0.15) is 5.75 Å². The van der Waals surface area contributed by atoms with Gasteiger partial charge >= 0.3 is 12.2 Å². The van der Waals surface area contributed by atoms with E-state index in [1.807, 2.05) is 0 Å². The predicted octanol–water partition coefficient (Wildman–Crippen LogP) is 4.89. The molecule has 0 unspecified atom stereocenters. The van der Waals surface area contributed by atoms with Gasteiger partial charge < -0.3 is 19.7 Å². The van der Waals surface area contributed by atoms with Gasteiger partial charge in [0.2, 0.25) is 0 Å². The van der Waals surface area contributed by atoms with Gasteiger partial charge in [-0.3, -0.25) is 0 Å². The number of hydrogen-bond donors (Lipinski definition) is 1. The Labute approximate surface area is 158 Å². The fraction of sp³-hybridized carbons (Fsp3) is 0.316. The second kappa shape index (κ2) is 8.47. The van der Waals surface area contributed by atoms with Crippen molar-refractivity contribution >= 4 is 11.7 Å². The molecule has 0 bridgehead atoms. The molecule has 1 aliphatic heterocycles. The van der Waals surface area contributed by atoms with Gasteiger partial charge in [0, 0.05) is 31.5 Å². The van der Waals surface area contributed by atoms with Crippen LogP contribution in [0.5, 0.6) is 11.5 Å². The van der Waals surface area contributed by atoms with E-state index in [2.05, 4.69) is 5.32 Å². The summed E-state index contributed by atoms with van der Waals surface area (Å²) in [5.74, 6) is -1.78. The highest BCUT2D eigenvalue weighted by Gasteiger charge is 2.34. The zero-order valence-electron chi connectivity index (χ0n) is 14.8. The largest absolute Gasteiger partial charge is 0.454 e. The Morgan fingerprint density at radius 2 is 1.86 bits per heavy atom. The minimum absolute atomic E-state index is 0.170. The van der Waals surface area contributed by atoms with Gasteiger partial charge in [0.15, 0.2) is 11.6 Å². The second-order valence-corrected chi connectivity index (χ2v) is 6.12. The maximum Gasteiger partial charge on any atom is 0.419 e. The lowest BCUT2D eigenvalue weighted by Crippen LogP contribution is -2.36. The van der Waals surface area contributed by atoms with Gasteiger partial charge in [-0.05, 0) is 30.7 Å². The van der Waals surface area contributed by atoms with Gasteiger partial charge in [-0.2, -0.15) is 13.2 Å². The molecule has 2 aromatic carbocycles. The fourth-order valence-electron chi connectivity index (χ4n) is 2.72. The lowest BCUT2D eigenvalue weighted by Gasteiger charge is -2.20. The third-order valence-electron chi connectivity index (χ3n) is 4.10. The molecule has 0 saturated carbocycles. The fourth-order valence-corrected chi connectivity index (χ4v) is 2.72. The van der Waals surface area contributed by atoms with Crippen molar-refractivity contribution < 1.29 is 31.8 Å². The van der Waals surface area contributed by atoms with Crippen LogP contribution in [0.15, 0.2) is 42.5 Å². The summed E-state index contributed by atoms with van der Waals surface area (Å²) in [6.07, 6.45) is -3.93. The average molecular weight is 398 g/mol. The SMILES string of the molecule is O=C(Nc1ccc(Oc2ccccc2C(F)(F)F)c(F)c1)N1CCCOCC1. The van der Waals surface area contributed by atoms with Crippen LogP contribution in [0.2, 0.25) is 0 Å².